The van der Waals surface area contributed by atoms with Crippen LogP contribution in [0.15, 0.2) is 48.5 Å². The molecule has 0 unspecified atom stereocenters. The SMILES string of the molecule is C#Cc1cccc(-c2nc3ccccc3s2)c1. The number of nitrogens with zero attached hydrogens (tertiary/aromatic N) is 1. The third-order valence-electron chi connectivity index (χ3n) is 2.57. The van der Waals surface area contributed by atoms with E-state index < -0.39 is 0 Å². The summed E-state index contributed by atoms with van der Waals surface area (Å²) in [4.78, 5) is 4.61. The molecule has 0 spiro atoms. The lowest BCUT2D eigenvalue weighted by Crippen LogP contribution is -1.78. The lowest BCUT2D eigenvalue weighted by molar-refractivity contribution is 1.47. The molecule has 3 aromatic rings. The molecule has 2 aromatic carbocycles. The van der Waals surface area contributed by atoms with E-state index in [1.165, 1.54) is 4.70 Å². The summed E-state index contributed by atoms with van der Waals surface area (Å²) in [6.07, 6.45) is 5.40. The number of hydrogen-bond acceptors (Lipinski definition) is 2. The van der Waals surface area contributed by atoms with E-state index >= 15 is 0 Å². The molecule has 1 heterocycles. The van der Waals surface area contributed by atoms with Crippen molar-refractivity contribution in [1.82, 2.24) is 4.98 Å². The Hall–Kier alpha value is -2.11. The summed E-state index contributed by atoms with van der Waals surface area (Å²) in [5, 5.41) is 1.02. The van der Waals surface area contributed by atoms with Crippen LogP contribution < -0.4 is 0 Å². The molecule has 0 atom stereocenters. The maximum Gasteiger partial charge on any atom is 0.124 e. The zero-order valence-electron chi connectivity index (χ0n) is 9.05. The van der Waals surface area contributed by atoms with E-state index in [-0.39, 0.29) is 0 Å². The predicted octanol–water partition coefficient (Wildman–Crippen LogP) is 3.94. The van der Waals surface area contributed by atoms with Crippen LogP contribution in [0.25, 0.3) is 20.8 Å². The molecule has 1 aromatic heterocycles. The molecular formula is C15H9NS. The van der Waals surface area contributed by atoms with Crippen molar-refractivity contribution in [3.05, 3.63) is 54.1 Å². The topological polar surface area (TPSA) is 12.9 Å². The van der Waals surface area contributed by atoms with Crippen molar-refractivity contribution in [3.8, 4) is 22.9 Å². The van der Waals surface area contributed by atoms with Crippen molar-refractivity contribution >= 4 is 21.6 Å². The van der Waals surface area contributed by atoms with Gasteiger partial charge in [-0.15, -0.1) is 17.8 Å². The van der Waals surface area contributed by atoms with Crippen LogP contribution in [0.1, 0.15) is 5.56 Å². The van der Waals surface area contributed by atoms with E-state index in [1.54, 1.807) is 11.3 Å². The van der Waals surface area contributed by atoms with Gasteiger partial charge in [0.25, 0.3) is 0 Å². The summed E-state index contributed by atoms with van der Waals surface area (Å²) < 4.78 is 1.20. The Kier molecular flexibility index (Phi) is 2.40. The number of benzene rings is 2. The van der Waals surface area contributed by atoms with Crippen molar-refractivity contribution in [2.45, 2.75) is 0 Å². The Morgan fingerprint density at radius 3 is 2.76 bits per heavy atom. The van der Waals surface area contributed by atoms with Crippen molar-refractivity contribution in [2.24, 2.45) is 0 Å². The summed E-state index contributed by atoms with van der Waals surface area (Å²) in [6, 6.07) is 16.1. The minimum atomic E-state index is 0.891. The molecule has 0 amide bonds. The lowest BCUT2D eigenvalue weighted by Gasteiger charge is -1.96. The van der Waals surface area contributed by atoms with E-state index in [9.17, 15) is 0 Å². The predicted molar refractivity (Wildman–Crippen MR) is 73.0 cm³/mol. The normalized spacial score (nSPS) is 10.3. The van der Waals surface area contributed by atoms with Gasteiger partial charge in [-0.3, -0.25) is 0 Å². The third-order valence-corrected chi connectivity index (χ3v) is 3.66. The first-order valence-electron chi connectivity index (χ1n) is 5.29. The number of rotatable bonds is 1. The second kappa shape index (κ2) is 4.04. The molecule has 2 heteroatoms. The van der Waals surface area contributed by atoms with Gasteiger partial charge in [-0.05, 0) is 24.3 Å². The highest BCUT2D eigenvalue weighted by Crippen LogP contribution is 2.30. The molecule has 0 saturated carbocycles. The fourth-order valence-electron chi connectivity index (χ4n) is 1.74. The van der Waals surface area contributed by atoms with E-state index in [4.69, 9.17) is 6.42 Å². The first kappa shape index (κ1) is 10.1. The standard InChI is InChI=1S/C15H9NS/c1-2-11-6-5-7-12(10-11)15-16-13-8-3-4-9-14(13)17-15/h1,3-10H. The quantitative estimate of drug-likeness (QED) is 0.582. The second-order valence-electron chi connectivity index (χ2n) is 3.71. The molecule has 0 aliphatic heterocycles. The summed E-state index contributed by atoms with van der Waals surface area (Å²) >= 11 is 1.69. The van der Waals surface area contributed by atoms with Gasteiger partial charge in [-0.1, -0.05) is 30.2 Å². The molecule has 0 fully saturated rings. The average molecular weight is 235 g/mol. The van der Waals surface area contributed by atoms with Gasteiger partial charge in [-0.2, -0.15) is 0 Å². The van der Waals surface area contributed by atoms with E-state index in [0.29, 0.717) is 0 Å². The first-order valence-corrected chi connectivity index (χ1v) is 6.11. The van der Waals surface area contributed by atoms with E-state index in [0.717, 1.165) is 21.7 Å². The van der Waals surface area contributed by atoms with Gasteiger partial charge in [0.1, 0.15) is 5.01 Å². The van der Waals surface area contributed by atoms with Crippen molar-refractivity contribution in [2.75, 3.05) is 0 Å². The van der Waals surface area contributed by atoms with Crippen LogP contribution in [0.2, 0.25) is 0 Å². The molecule has 1 nitrogen and oxygen atoms in total. The molecule has 3 rings (SSSR count). The van der Waals surface area contributed by atoms with Crippen LogP contribution in [0, 0.1) is 12.3 Å². The summed E-state index contributed by atoms with van der Waals surface area (Å²) in [5.74, 6) is 2.65. The van der Waals surface area contributed by atoms with Gasteiger partial charge < -0.3 is 0 Å². The van der Waals surface area contributed by atoms with Gasteiger partial charge in [0.2, 0.25) is 0 Å². The molecule has 0 radical (unpaired) electrons. The van der Waals surface area contributed by atoms with Gasteiger partial charge in [0.15, 0.2) is 0 Å². The minimum Gasteiger partial charge on any atom is -0.236 e. The monoisotopic (exact) mass is 235 g/mol. The number of para-hydroxylation sites is 1. The zero-order valence-corrected chi connectivity index (χ0v) is 9.87. The maximum absolute atomic E-state index is 5.40. The molecule has 0 bridgehead atoms. The highest BCUT2D eigenvalue weighted by molar-refractivity contribution is 7.21. The van der Waals surface area contributed by atoms with Crippen LogP contribution in [0.4, 0.5) is 0 Å². The van der Waals surface area contributed by atoms with Crippen molar-refractivity contribution in [3.63, 3.8) is 0 Å². The largest absolute Gasteiger partial charge is 0.236 e. The van der Waals surface area contributed by atoms with Crippen LogP contribution in [0.3, 0.4) is 0 Å². The number of aromatic nitrogens is 1. The Bertz CT molecular complexity index is 686. The second-order valence-corrected chi connectivity index (χ2v) is 4.74. The molecule has 0 saturated heterocycles. The molecule has 0 aliphatic carbocycles. The molecule has 0 aliphatic rings. The Balaban J connectivity index is 2.17. The molecule has 17 heavy (non-hydrogen) atoms. The number of thiazole rings is 1. The highest BCUT2D eigenvalue weighted by atomic mass is 32.1. The average Bonchev–Trinajstić information content (AvgIpc) is 2.82. The third kappa shape index (κ3) is 1.82. The molecular weight excluding hydrogens is 226 g/mol. The zero-order chi connectivity index (χ0) is 11.7. The lowest BCUT2D eigenvalue weighted by atomic mass is 10.1. The van der Waals surface area contributed by atoms with Crippen LogP contribution in [0.5, 0.6) is 0 Å². The first-order chi connectivity index (χ1) is 8.36. The Morgan fingerprint density at radius 1 is 1.06 bits per heavy atom. The maximum atomic E-state index is 5.40. The molecule has 80 valence electrons. The van der Waals surface area contributed by atoms with E-state index in [2.05, 4.69) is 17.0 Å². The van der Waals surface area contributed by atoms with Crippen molar-refractivity contribution in [1.29, 1.82) is 0 Å². The summed E-state index contributed by atoms with van der Waals surface area (Å²) in [6.45, 7) is 0. The number of hydrogen-bond donors (Lipinski definition) is 0. The van der Waals surface area contributed by atoms with Gasteiger partial charge in [0.05, 0.1) is 10.2 Å². The van der Waals surface area contributed by atoms with Crippen LogP contribution in [-0.2, 0) is 0 Å². The smallest absolute Gasteiger partial charge is 0.124 e. The Morgan fingerprint density at radius 2 is 1.94 bits per heavy atom. The fourth-order valence-corrected chi connectivity index (χ4v) is 2.70. The van der Waals surface area contributed by atoms with Gasteiger partial charge in [-0.25, -0.2) is 4.98 Å². The van der Waals surface area contributed by atoms with Crippen molar-refractivity contribution < 1.29 is 0 Å². The van der Waals surface area contributed by atoms with Crippen LogP contribution in [-0.4, -0.2) is 4.98 Å². The Labute approximate surface area is 104 Å². The van der Waals surface area contributed by atoms with Crippen LogP contribution >= 0.6 is 11.3 Å². The summed E-state index contributed by atoms with van der Waals surface area (Å²) in [5.41, 5.74) is 3.02. The number of fused-ring (bicyclic) bond motifs is 1. The molecule has 0 N–H and O–H groups in total. The number of terminal acetylenes is 1. The summed E-state index contributed by atoms with van der Waals surface area (Å²) in [7, 11) is 0. The van der Waals surface area contributed by atoms with E-state index in [1.807, 2.05) is 42.5 Å². The van der Waals surface area contributed by atoms with Gasteiger partial charge >= 0.3 is 0 Å². The minimum absolute atomic E-state index is 0.891. The fraction of sp³-hybridized carbons (Fsp3) is 0. The van der Waals surface area contributed by atoms with Gasteiger partial charge in [0, 0.05) is 11.1 Å². The highest BCUT2D eigenvalue weighted by Gasteiger charge is 2.05.